The summed E-state index contributed by atoms with van der Waals surface area (Å²) in [6, 6.07) is 0.0185. The Kier molecular flexibility index (Phi) is 1.49. The summed E-state index contributed by atoms with van der Waals surface area (Å²) in [7, 11) is 3.84. The van der Waals surface area contributed by atoms with Gasteiger partial charge in [-0.1, -0.05) is 9.39 Å². The van der Waals surface area contributed by atoms with Crippen LogP contribution in [0.3, 0.4) is 0 Å². The Balaban J connectivity index is 2.28. The van der Waals surface area contributed by atoms with Crippen molar-refractivity contribution in [1.82, 2.24) is 4.67 Å². The lowest BCUT2D eigenvalue weighted by Gasteiger charge is -1.92. The van der Waals surface area contributed by atoms with Crippen LogP contribution in [0.25, 0.3) is 0 Å². The molecule has 0 aromatic rings. The van der Waals surface area contributed by atoms with Crippen LogP contribution in [0.15, 0.2) is 0 Å². The van der Waals surface area contributed by atoms with Crippen molar-refractivity contribution >= 4 is 15.4 Å². The van der Waals surface area contributed by atoms with Crippen LogP contribution in [-0.2, 0) is 9.53 Å². The van der Waals surface area contributed by atoms with Gasteiger partial charge in [-0.2, -0.15) is 0 Å². The van der Waals surface area contributed by atoms with Crippen LogP contribution in [-0.4, -0.2) is 30.3 Å². The third kappa shape index (κ3) is 0.984. The Bertz CT molecular complexity index is 117. The lowest BCUT2D eigenvalue weighted by Crippen LogP contribution is -2.10. The van der Waals surface area contributed by atoms with Gasteiger partial charge in [-0.25, -0.2) is 0 Å². The van der Waals surface area contributed by atoms with Crippen molar-refractivity contribution in [2.45, 2.75) is 6.04 Å². The fourth-order valence-corrected chi connectivity index (χ4v) is 0.820. The summed E-state index contributed by atoms with van der Waals surface area (Å²) < 4.78 is 6.29. The molecular formula is C4H8NO2P. The molecule has 3 nitrogen and oxygen atoms in total. The van der Waals surface area contributed by atoms with E-state index in [-0.39, 0.29) is 12.0 Å². The number of ether oxygens (including phenoxy) is 1. The molecule has 1 fully saturated rings. The van der Waals surface area contributed by atoms with Crippen LogP contribution in [0.4, 0.5) is 0 Å². The highest BCUT2D eigenvalue weighted by Crippen LogP contribution is 2.22. The quantitative estimate of drug-likeness (QED) is 0.278. The summed E-state index contributed by atoms with van der Waals surface area (Å²) in [5.41, 5.74) is 0. The van der Waals surface area contributed by atoms with Gasteiger partial charge in [-0.05, 0) is 0 Å². The van der Waals surface area contributed by atoms with E-state index in [9.17, 15) is 4.79 Å². The van der Waals surface area contributed by atoms with Crippen molar-refractivity contribution in [3.63, 3.8) is 0 Å². The van der Waals surface area contributed by atoms with E-state index in [1.165, 1.54) is 7.11 Å². The highest BCUT2D eigenvalue weighted by atomic mass is 31.0. The first kappa shape index (κ1) is 5.99. The molecule has 0 N–H and O–H groups in total. The number of esters is 1. The molecule has 1 aliphatic heterocycles. The van der Waals surface area contributed by atoms with E-state index < -0.39 is 0 Å². The molecule has 46 valence electrons. The lowest BCUT2D eigenvalue weighted by molar-refractivity contribution is -0.140. The summed E-state index contributed by atoms with van der Waals surface area (Å²) >= 11 is 0. The zero-order chi connectivity index (χ0) is 6.15. The molecule has 0 spiro atoms. The predicted octanol–water partition coefficient (Wildman–Crippen LogP) is -0.366. The van der Waals surface area contributed by atoms with E-state index in [1.54, 1.807) is 0 Å². The Labute approximate surface area is 50.2 Å². The molecule has 0 aromatic carbocycles. The SMILES string of the molecule is COC(=O)C1CN1P. The first-order valence-electron chi connectivity index (χ1n) is 2.35. The zero-order valence-electron chi connectivity index (χ0n) is 4.63. The third-order valence-electron chi connectivity index (χ3n) is 1.12. The minimum atomic E-state index is -0.139. The maximum absolute atomic E-state index is 10.5. The van der Waals surface area contributed by atoms with Crippen molar-refractivity contribution in [3.8, 4) is 0 Å². The van der Waals surface area contributed by atoms with Crippen LogP contribution in [0, 0.1) is 0 Å². The number of hydrogen-bond acceptors (Lipinski definition) is 3. The Morgan fingerprint density at radius 2 is 2.50 bits per heavy atom. The zero-order valence-corrected chi connectivity index (χ0v) is 5.78. The molecule has 0 aliphatic carbocycles. The highest BCUT2D eigenvalue weighted by Gasteiger charge is 2.37. The van der Waals surface area contributed by atoms with Gasteiger partial charge in [-0.15, -0.1) is 0 Å². The molecule has 1 aliphatic rings. The summed E-state index contributed by atoms with van der Waals surface area (Å²) in [6.45, 7) is 0.817. The molecular weight excluding hydrogens is 125 g/mol. The second kappa shape index (κ2) is 2.00. The molecule has 0 saturated carbocycles. The fraction of sp³-hybridized carbons (Fsp3) is 0.750. The first-order chi connectivity index (χ1) is 3.75. The Hall–Kier alpha value is -0.140. The van der Waals surface area contributed by atoms with E-state index in [0.29, 0.717) is 0 Å². The van der Waals surface area contributed by atoms with Gasteiger partial charge in [0.2, 0.25) is 0 Å². The number of carbonyl (C=O) groups excluding carboxylic acids is 1. The van der Waals surface area contributed by atoms with Gasteiger partial charge in [0, 0.05) is 6.54 Å². The van der Waals surface area contributed by atoms with Crippen molar-refractivity contribution < 1.29 is 9.53 Å². The van der Waals surface area contributed by atoms with E-state index in [4.69, 9.17) is 0 Å². The smallest absolute Gasteiger partial charge is 0.324 e. The molecule has 0 aromatic heterocycles. The van der Waals surface area contributed by atoms with Gasteiger partial charge < -0.3 is 4.74 Å². The van der Waals surface area contributed by atoms with Crippen molar-refractivity contribution in [2.24, 2.45) is 0 Å². The van der Waals surface area contributed by atoms with Gasteiger partial charge in [0.05, 0.1) is 7.11 Å². The van der Waals surface area contributed by atoms with Gasteiger partial charge in [0.1, 0.15) is 6.04 Å². The summed E-state index contributed by atoms with van der Waals surface area (Å²) in [4.78, 5) is 10.5. The number of rotatable bonds is 1. The minimum Gasteiger partial charge on any atom is -0.468 e. The number of nitrogens with zero attached hydrogens (tertiary/aromatic N) is 1. The molecule has 1 heterocycles. The van der Waals surface area contributed by atoms with Crippen molar-refractivity contribution in [3.05, 3.63) is 0 Å². The van der Waals surface area contributed by atoms with E-state index in [1.807, 2.05) is 4.67 Å². The summed E-state index contributed by atoms with van der Waals surface area (Å²) in [5.74, 6) is -0.139. The molecule has 8 heavy (non-hydrogen) atoms. The number of hydrogen-bond donors (Lipinski definition) is 0. The standard InChI is InChI=1S/C4H8NO2P/c1-7-4(6)3-2-5(3)8/h3H,2,8H2,1H3. The van der Waals surface area contributed by atoms with E-state index in [2.05, 4.69) is 14.1 Å². The second-order valence-corrected chi connectivity index (χ2v) is 2.40. The average Bonchev–Trinajstić information content (AvgIpc) is 2.45. The summed E-state index contributed by atoms with van der Waals surface area (Å²) in [5, 5.41) is 0. The monoisotopic (exact) mass is 133 g/mol. The van der Waals surface area contributed by atoms with Gasteiger partial charge in [0.15, 0.2) is 0 Å². The van der Waals surface area contributed by atoms with Crippen LogP contribution >= 0.6 is 9.39 Å². The largest absolute Gasteiger partial charge is 0.468 e. The molecule has 1 saturated heterocycles. The number of methoxy groups -OCH3 is 1. The second-order valence-electron chi connectivity index (χ2n) is 1.74. The topological polar surface area (TPSA) is 29.3 Å². The van der Waals surface area contributed by atoms with E-state index in [0.717, 1.165) is 6.54 Å². The van der Waals surface area contributed by atoms with Crippen molar-refractivity contribution in [1.29, 1.82) is 0 Å². The van der Waals surface area contributed by atoms with Crippen molar-refractivity contribution in [2.75, 3.05) is 13.7 Å². The van der Waals surface area contributed by atoms with Gasteiger partial charge in [0.25, 0.3) is 0 Å². The molecule has 0 radical (unpaired) electrons. The molecule has 3 atom stereocenters. The Morgan fingerprint density at radius 1 is 2.00 bits per heavy atom. The molecule has 0 bridgehead atoms. The Morgan fingerprint density at radius 3 is 2.62 bits per heavy atom. The molecule has 1 rings (SSSR count). The van der Waals surface area contributed by atoms with Crippen LogP contribution in [0.5, 0.6) is 0 Å². The number of carbonyl (C=O) groups is 1. The normalized spacial score (nSPS) is 34.2. The predicted molar refractivity (Wildman–Crippen MR) is 32.2 cm³/mol. The summed E-state index contributed by atoms with van der Waals surface area (Å²) in [6.07, 6.45) is 0. The van der Waals surface area contributed by atoms with Gasteiger partial charge >= 0.3 is 5.97 Å². The molecule has 3 unspecified atom stereocenters. The minimum absolute atomic E-state index is 0.0185. The highest BCUT2D eigenvalue weighted by molar-refractivity contribution is 7.14. The average molecular weight is 133 g/mol. The van der Waals surface area contributed by atoms with Crippen LogP contribution < -0.4 is 0 Å². The van der Waals surface area contributed by atoms with Gasteiger partial charge in [-0.3, -0.25) is 9.46 Å². The fourth-order valence-electron chi connectivity index (χ4n) is 0.499. The van der Waals surface area contributed by atoms with Crippen LogP contribution in [0.2, 0.25) is 0 Å². The first-order valence-corrected chi connectivity index (χ1v) is 2.86. The van der Waals surface area contributed by atoms with E-state index >= 15 is 0 Å². The maximum Gasteiger partial charge on any atom is 0.324 e. The molecule has 4 heteroatoms. The molecule has 0 amide bonds. The third-order valence-corrected chi connectivity index (χ3v) is 1.69. The lowest BCUT2D eigenvalue weighted by atomic mass is 10.5. The van der Waals surface area contributed by atoms with Crippen LogP contribution in [0.1, 0.15) is 0 Å². The maximum atomic E-state index is 10.5.